The third kappa shape index (κ3) is 4.64. The first-order valence-corrected chi connectivity index (χ1v) is 11.0. The van der Waals surface area contributed by atoms with E-state index >= 15 is 0 Å². The molecule has 4 rings (SSSR count). The number of hydrogen-bond acceptors (Lipinski definition) is 4. The lowest BCUT2D eigenvalue weighted by atomic mass is 10.1. The van der Waals surface area contributed by atoms with E-state index < -0.39 is 17.6 Å². The molecule has 0 saturated heterocycles. The van der Waals surface area contributed by atoms with Crippen molar-refractivity contribution < 1.29 is 18.8 Å². The maximum atomic E-state index is 13.5. The van der Waals surface area contributed by atoms with E-state index in [9.17, 15) is 18.8 Å². The molecule has 1 aliphatic rings. The fourth-order valence-electron chi connectivity index (χ4n) is 3.11. The summed E-state index contributed by atoms with van der Waals surface area (Å²) in [5, 5.41) is 5.01. The Hall–Kier alpha value is -3.20. The molecule has 0 saturated carbocycles. The summed E-state index contributed by atoms with van der Waals surface area (Å²) in [5.41, 5.74) is 1.17. The van der Waals surface area contributed by atoms with E-state index in [4.69, 9.17) is 23.2 Å². The van der Waals surface area contributed by atoms with Crippen molar-refractivity contribution in [1.29, 1.82) is 0 Å². The zero-order valence-corrected chi connectivity index (χ0v) is 19.6. The molecule has 6 nitrogen and oxygen atoms in total. The number of nitrogens with zero attached hydrogens (tertiary/aromatic N) is 1. The quantitative estimate of drug-likeness (QED) is 0.387. The first-order valence-electron chi connectivity index (χ1n) is 9.43. The Morgan fingerprint density at radius 2 is 1.70 bits per heavy atom. The molecule has 166 valence electrons. The molecule has 0 atom stereocenters. The van der Waals surface area contributed by atoms with E-state index in [1.165, 1.54) is 12.1 Å². The van der Waals surface area contributed by atoms with Gasteiger partial charge in [-0.1, -0.05) is 41.4 Å². The van der Waals surface area contributed by atoms with Crippen LogP contribution in [0.25, 0.3) is 0 Å². The average Bonchev–Trinajstić information content (AvgIpc) is 3.00. The zero-order chi connectivity index (χ0) is 23.7. The summed E-state index contributed by atoms with van der Waals surface area (Å²) in [6, 6.07) is 16.9. The van der Waals surface area contributed by atoms with Crippen molar-refractivity contribution in [3.63, 3.8) is 0 Å². The number of amides is 3. The zero-order valence-electron chi connectivity index (χ0n) is 16.5. The standard InChI is InChI=1S/C23H13BrCl2FN3O3/c24-15-6-1-2-7-18(15)29-21(31)12-4-3-5-13(10-12)28-20-19(26)22(32)30(23(20)33)14-8-9-17(27)16(25)11-14/h1-11,28H,(H,29,31). The minimum absolute atomic E-state index is 0.0768. The molecule has 10 heteroatoms. The van der Waals surface area contributed by atoms with Gasteiger partial charge in [-0.15, -0.1) is 0 Å². The summed E-state index contributed by atoms with van der Waals surface area (Å²) >= 11 is 15.3. The van der Waals surface area contributed by atoms with Gasteiger partial charge in [-0.2, -0.15) is 0 Å². The van der Waals surface area contributed by atoms with E-state index in [2.05, 4.69) is 26.6 Å². The third-order valence-electron chi connectivity index (χ3n) is 4.70. The van der Waals surface area contributed by atoms with Crippen molar-refractivity contribution in [1.82, 2.24) is 0 Å². The lowest BCUT2D eigenvalue weighted by molar-refractivity contribution is -0.120. The minimum Gasteiger partial charge on any atom is -0.350 e. The van der Waals surface area contributed by atoms with Gasteiger partial charge in [-0.3, -0.25) is 14.4 Å². The van der Waals surface area contributed by atoms with E-state index in [-0.39, 0.29) is 27.3 Å². The van der Waals surface area contributed by atoms with Crippen LogP contribution in [0.15, 0.2) is 81.9 Å². The van der Waals surface area contributed by atoms with Gasteiger partial charge in [-0.25, -0.2) is 9.29 Å². The van der Waals surface area contributed by atoms with Crippen molar-refractivity contribution in [3.05, 3.63) is 98.3 Å². The number of hydrogen-bond donors (Lipinski definition) is 2. The number of nitrogens with one attached hydrogen (secondary N) is 2. The van der Waals surface area contributed by atoms with Crippen LogP contribution in [0.1, 0.15) is 10.4 Å². The highest BCUT2D eigenvalue weighted by molar-refractivity contribution is 9.10. The second kappa shape index (κ2) is 9.35. The molecule has 2 N–H and O–H groups in total. The summed E-state index contributed by atoms with van der Waals surface area (Å²) in [6.07, 6.45) is 0. The number of anilines is 3. The Bertz CT molecular complexity index is 1350. The number of benzene rings is 3. The van der Waals surface area contributed by atoms with Crippen LogP contribution >= 0.6 is 39.1 Å². The van der Waals surface area contributed by atoms with Crippen molar-refractivity contribution in [2.24, 2.45) is 0 Å². The molecule has 0 fully saturated rings. The smallest absolute Gasteiger partial charge is 0.283 e. The fourth-order valence-corrected chi connectivity index (χ4v) is 3.88. The first-order chi connectivity index (χ1) is 15.8. The van der Waals surface area contributed by atoms with Gasteiger partial charge in [0.05, 0.1) is 16.4 Å². The topological polar surface area (TPSA) is 78.5 Å². The normalized spacial score (nSPS) is 13.5. The molecule has 33 heavy (non-hydrogen) atoms. The first kappa shape index (κ1) is 23.0. The van der Waals surface area contributed by atoms with Gasteiger partial charge < -0.3 is 10.6 Å². The molecule has 0 unspecified atom stereocenters. The molecular formula is C23H13BrCl2FN3O3. The molecule has 0 radical (unpaired) electrons. The fraction of sp³-hybridized carbons (Fsp3) is 0. The van der Waals surface area contributed by atoms with Gasteiger partial charge in [0, 0.05) is 15.7 Å². The van der Waals surface area contributed by atoms with Crippen LogP contribution in [0.4, 0.5) is 21.5 Å². The maximum absolute atomic E-state index is 13.5. The van der Waals surface area contributed by atoms with Crippen LogP contribution in [-0.2, 0) is 9.59 Å². The van der Waals surface area contributed by atoms with E-state index in [1.807, 2.05) is 6.07 Å². The highest BCUT2D eigenvalue weighted by Gasteiger charge is 2.39. The Morgan fingerprint density at radius 3 is 2.42 bits per heavy atom. The Morgan fingerprint density at radius 1 is 0.939 bits per heavy atom. The summed E-state index contributed by atoms with van der Waals surface area (Å²) in [4.78, 5) is 39.0. The Balaban J connectivity index is 1.56. The van der Waals surface area contributed by atoms with Gasteiger partial charge in [0.15, 0.2) is 0 Å². The average molecular weight is 549 g/mol. The van der Waals surface area contributed by atoms with Crippen LogP contribution in [-0.4, -0.2) is 17.7 Å². The second-order valence-electron chi connectivity index (χ2n) is 6.87. The SMILES string of the molecule is O=C(Nc1ccccc1Br)c1cccc(NC2=C(Cl)C(=O)N(c3ccc(F)c(Cl)c3)C2=O)c1. The van der Waals surface area contributed by atoms with Gasteiger partial charge in [0.1, 0.15) is 16.5 Å². The molecule has 0 aliphatic carbocycles. The molecule has 3 amide bonds. The molecule has 0 spiro atoms. The molecule has 3 aromatic rings. The molecule has 1 aliphatic heterocycles. The van der Waals surface area contributed by atoms with E-state index in [1.54, 1.807) is 36.4 Å². The van der Waals surface area contributed by atoms with Gasteiger partial charge in [0.25, 0.3) is 17.7 Å². The number of rotatable bonds is 5. The molecule has 0 aromatic heterocycles. The van der Waals surface area contributed by atoms with E-state index in [0.717, 1.165) is 21.5 Å². The van der Waals surface area contributed by atoms with Gasteiger partial charge >= 0.3 is 0 Å². The van der Waals surface area contributed by atoms with Crippen molar-refractivity contribution in [2.75, 3.05) is 15.5 Å². The van der Waals surface area contributed by atoms with Crippen LogP contribution in [0, 0.1) is 5.82 Å². The summed E-state index contributed by atoms with van der Waals surface area (Å²) in [6.45, 7) is 0. The summed E-state index contributed by atoms with van der Waals surface area (Å²) in [5.74, 6) is -2.58. The number of imide groups is 1. The molecule has 0 bridgehead atoms. The molecule has 1 heterocycles. The van der Waals surface area contributed by atoms with Crippen molar-refractivity contribution >= 4 is 73.9 Å². The van der Waals surface area contributed by atoms with Crippen molar-refractivity contribution in [3.8, 4) is 0 Å². The largest absolute Gasteiger partial charge is 0.350 e. The summed E-state index contributed by atoms with van der Waals surface area (Å²) in [7, 11) is 0. The molecular weight excluding hydrogens is 536 g/mol. The number of carbonyl (C=O) groups excluding carboxylic acids is 3. The number of carbonyl (C=O) groups is 3. The lowest BCUT2D eigenvalue weighted by Gasteiger charge is -2.15. The Kier molecular flexibility index (Phi) is 6.51. The minimum atomic E-state index is -0.783. The number of halogens is 4. The predicted molar refractivity (Wildman–Crippen MR) is 129 cm³/mol. The van der Waals surface area contributed by atoms with Gasteiger partial charge in [0.2, 0.25) is 0 Å². The second-order valence-corrected chi connectivity index (χ2v) is 8.51. The maximum Gasteiger partial charge on any atom is 0.283 e. The highest BCUT2D eigenvalue weighted by Crippen LogP contribution is 2.32. The Labute approximate surface area is 206 Å². The molecule has 3 aromatic carbocycles. The van der Waals surface area contributed by atoms with Crippen molar-refractivity contribution in [2.45, 2.75) is 0 Å². The lowest BCUT2D eigenvalue weighted by Crippen LogP contribution is -2.32. The van der Waals surface area contributed by atoms with Crippen LogP contribution in [0.5, 0.6) is 0 Å². The predicted octanol–water partition coefficient (Wildman–Crippen LogP) is 5.93. The van der Waals surface area contributed by atoms with Crippen LogP contribution < -0.4 is 15.5 Å². The summed E-state index contributed by atoms with van der Waals surface area (Å²) < 4.78 is 14.2. The van der Waals surface area contributed by atoms with Gasteiger partial charge in [-0.05, 0) is 64.5 Å². The highest BCUT2D eigenvalue weighted by atomic mass is 79.9. The van der Waals surface area contributed by atoms with Crippen LogP contribution in [0.2, 0.25) is 5.02 Å². The monoisotopic (exact) mass is 547 g/mol. The van der Waals surface area contributed by atoms with E-state index in [0.29, 0.717) is 16.9 Å². The van der Waals surface area contributed by atoms with Crippen LogP contribution in [0.3, 0.4) is 0 Å². The third-order valence-corrected chi connectivity index (χ3v) is 6.04. The number of para-hydroxylation sites is 1.